The van der Waals surface area contributed by atoms with Crippen molar-refractivity contribution in [2.24, 2.45) is 0 Å². The van der Waals surface area contributed by atoms with E-state index in [1.807, 2.05) is 24.3 Å². The molecule has 0 amide bonds. The van der Waals surface area contributed by atoms with Gasteiger partial charge in [0, 0.05) is 44.3 Å². The Morgan fingerprint density at radius 3 is 1.19 bits per heavy atom. The second kappa shape index (κ2) is 31.6. The van der Waals surface area contributed by atoms with E-state index >= 15 is 0 Å². The first-order valence-electron chi connectivity index (χ1n) is 30.0. The summed E-state index contributed by atoms with van der Waals surface area (Å²) in [5.41, 5.74) is 13.9. The minimum Gasteiger partial charge on any atom is -0.462 e. The van der Waals surface area contributed by atoms with Gasteiger partial charge in [0.15, 0.2) is 0 Å². The summed E-state index contributed by atoms with van der Waals surface area (Å²) in [7, 11) is 0. The van der Waals surface area contributed by atoms with E-state index in [1.54, 1.807) is 0 Å². The third-order valence-electron chi connectivity index (χ3n) is 15.9. The van der Waals surface area contributed by atoms with E-state index in [4.69, 9.17) is 19.4 Å². The van der Waals surface area contributed by atoms with Crippen LogP contribution in [0.2, 0.25) is 0 Å². The highest BCUT2D eigenvalue weighted by atomic mass is 16.7. The zero-order valence-electron chi connectivity index (χ0n) is 46.2. The number of ether oxygens (including phenoxy) is 2. The smallest absolute Gasteiger partial charge is 0.229 e. The number of unbranched alkanes of at least 4 members (excludes halogenated alkanes) is 24. The summed E-state index contributed by atoms with van der Waals surface area (Å²) in [4.78, 5) is 18.9. The van der Waals surface area contributed by atoms with E-state index in [-0.39, 0.29) is 0 Å². The van der Waals surface area contributed by atoms with E-state index in [1.165, 1.54) is 171 Å². The molecule has 0 aliphatic carbocycles. The second-order valence-corrected chi connectivity index (χ2v) is 21.9. The molecule has 0 unspecified atom stereocenters. The Bertz CT molecular complexity index is 2420. The zero-order valence-corrected chi connectivity index (χ0v) is 46.2. The van der Waals surface area contributed by atoms with Crippen LogP contribution >= 0.6 is 0 Å². The summed E-state index contributed by atoms with van der Waals surface area (Å²) in [6.45, 7) is 6.32. The first-order chi connectivity index (χ1) is 36.8. The summed E-state index contributed by atoms with van der Waals surface area (Å²) in [5, 5.41) is 41.4. The van der Waals surface area contributed by atoms with Gasteiger partial charge in [-0.25, -0.2) is 9.97 Å². The number of aromatic amines is 2. The van der Waals surface area contributed by atoms with Crippen LogP contribution in [-0.4, -0.2) is 77.7 Å². The minimum absolute atomic E-state index is 0.412. The molecule has 3 aliphatic heterocycles. The number of benzene rings is 1. The monoisotopic (exact) mass is 1030 g/mol. The highest BCUT2D eigenvalue weighted by Crippen LogP contribution is 2.35. The van der Waals surface area contributed by atoms with E-state index in [0.29, 0.717) is 5.75 Å². The quantitative estimate of drug-likeness (QED) is 0.0218. The number of rotatable bonds is 34. The number of aliphatic hydroxyl groups is 4. The molecule has 8 bridgehead atoms. The van der Waals surface area contributed by atoms with Crippen molar-refractivity contribution in [1.82, 2.24) is 19.9 Å². The standard InChI is InChI=1S/C65H94N4O6/c1-4-7-10-13-16-19-22-25-28-31-49-52-38-40-54(66-52)50(32-29-26-23-20-17-14-11-8-5-2)56-42-44-58(68-56)61(47-34-36-48(37-35-47)74-65-64(73)63(72)62(71)60(46-70)75-65)59-45-43-57(69-59)51(55-41-39-53(49)67-55)33-30-27-24-21-18-15-12-9-6-3/h34-45,60,62-65,68-73H,4-33,46H2,1-3H3/t60-,62-,63+,64-,65-/m1/s1. The second-order valence-electron chi connectivity index (χ2n) is 21.9. The maximum Gasteiger partial charge on any atom is 0.229 e. The maximum atomic E-state index is 10.8. The van der Waals surface area contributed by atoms with Gasteiger partial charge in [0.1, 0.15) is 30.2 Å². The van der Waals surface area contributed by atoms with E-state index in [2.05, 4.69) is 79.3 Å². The van der Waals surface area contributed by atoms with Gasteiger partial charge in [-0.1, -0.05) is 187 Å². The fourth-order valence-corrected chi connectivity index (χ4v) is 11.3. The maximum absolute atomic E-state index is 10.8. The van der Waals surface area contributed by atoms with Crippen LogP contribution in [0.15, 0.2) is 48.5 Å². The van der Waals surface area contributed by atoms with E-state index in [9.17, 15) is 20.4 Å². The summed E-state index contributed by atoms with van der Waals surface area (Å²) < 4.78 is 11.7. The Kier molecular flexibility index (Phi) is 24.5. The van der Waals surface area contributed by atoms with Gasteiger partial charge < -0.3 is 39.9 Å². The molecule has 1 aromatic carbocycles. The van der Waals surface area contributed by atoms with Crippen LogP contribution in [-0.2, 0) is 24.0 Å². The molecule has 0 saturated carbocycles. The number of aliphatic hydroxyl groups excluding tert-OH is 4. The van der Waals surface area contributed by atoms with Crippen molar-refractivity contribution in [2.75, 3.05) is 6.61 Å². The lowest BCUT2D eigenvalue weighted by Crippen LogP contribution is -2.60. The van der Waals surface area contributed by atoms with Crippen molar-refractivity contribution in [3.8, 4) is 16.9 Å². The third-order valence-corrected chi connectivity index (χ3v) is 15.9. The Balaban J connectivity index is 1.28. The predicted molar refractivity (Wildman–Crippen MR) is 311 cm³/mol. The minimum atomic E-state index is -1.53. The van der Waals surface area contributed by atoms with E-state index in [0.717, 1.165) is 94.5 Å². The molecule has 6 heterocycles. The van der Waals surface area contributed by atoms with Crippen LogP contribution in [0, 0.1) is 0 Å². The molecule has 0 radical (unpaired) electrons. The molecule has 10 nitrogen and oxygen atoms in total. The Hall–Kier alpha value is -4.58. The van der Waals surface area contributed by atoms with Crippen LogP contribution < -0.4 is 4.74 Å². The highest BCUT2D eigenvalue weighted by Gasteiger charge is 2.44. The van der Waals surface area contributed by atoms with Crippen molar-refractivity contribution in [1.29, 1.82) is 0 Å². The average Bonchev–Trinajstić information content (AvgIpc) is 4.29. The molecule has 4 aromatic rings. The van der Waals surface area contributed by atoms with Gasteiger partial charge in [0.25, 0.3) is 0 Å². The molecular weight excluding hydrogens is 933 g/mol. The summed E-state index contributed by atoms with van der Waals surface area (Å²) in [5.74, 6) is 0.412. The molecule has 3 aliphatic rings. The van der Waals surface area contributed by atoms with Gasteiger partial charge in [-0.2, -0.15) is 0 Å². The van der Waals surface area contributed by atoms with Crippen LogP contribution in [0.5, 0.6) is 5.75 Å². The number of nitrogens with zero attached hydrogens (tertiary/aromatic N) is 2. The molecule has 7 rings (SSSR count). The third kappa shape index (κ3) is 17.0. The van der Waals surface area contributed by atoms with Gasteiger partial charge in [-0.3, -0.25) is 0 Å². The summed E-state index contributed by atoms with van der Waals surface area (Å²) >= 11 is 0. The van der Waals surface area contributed by atoms with Crippen molar-refractivity contribution in [2.45, 2.75) is 244 Å². The van der Waals surface area contributed by atoms with Crippen LogP contribution in [0.3, 0.4) is 0 Å². The van der Waals surface area contributed by atoms with Gasteiger partial charge in [-0.15, -0.1) is 0 Å². The fourth-order valence-electron chi connectivity index (χ4n) is 11.3. The zero-order chi connectivity index (χ0) is 52.6. The molecule has 6 N–H and O–H groups in total. The Morgan fingerprint density at radius 1 is 0.427 bits per heavy atom. The van der Waals surface area contributed by atoms with Crippen molar-refractivity contribution in [3.05, 3.63) is 88.0 Å². The van der Waals surface area contributed by atoms with Crippen LogP contribution in [0.25, 0.3) is 57.5 Å². The van der Waals surface area contributed by atoms with Gasteiger partial charge >= 0.3 is 0 Å². The van der Waals surface area contributed by atoms with Gasteiger partial charge in [0.2, 0.25) is 6.29 Å². The lowest BCUT2D eigenvalue weighted by atomic mass is 9.99. The highest BCUT2D eigenvalue weighted by molar-refractivity contribution is 5.94. The van der Waals surface area contributed by atoms with Gasteiger partial charge in [-0.05, 0) is 105 Å². The molecule has 410 valence electrons. The van der Waals surface area contributed by atoms with Crippen molar-refractivity contribution < 1.29 is 29.9 Å². The SMILES string of the molecule is CCCCCCCCCCCc1c2nc(c(CCCCCCCCCCC)c3ccc([nH]3)c(-c3ccc(O[C@@H]4O[C@H](CO)[C@@H](O)[C@H](O)[C@H]4O)cc3)c3ccc([nH]3)c(CCCCCCCCCCC)c3nc1C=C3)C=C2. The number of hydrogen-bond donors (Lipinski definition) is 6. The lowest BCUT2D eigenvalue weighted by Gasteiger charge is -2.39. The number of H-pyrrole nitrogens is 2. The molecule has 5 atom stereocenters. The first-order valence-corrected chi connectivity index (χ1v) is 30.0. The number of hydrogen-bond acceptors (Lipinski definition) is 8. The van der Waals surface area contributed by atoms with Crippen molar-refractivity contribution >= 4 is 46.4 Å². The first kappa shape index (κ1) is 58.1. The molecule has 1 saturated heterocycles. The normalized spacial score (nSPS) is 18.4. The lowest BCUT2D eigenvalue weighted by molar-refractivity contribution is -0.277. The topological polar surface area (TPSA) is 157 Å². The van der Waals surface area contributed by atoms with Gasteiger partial charge in [0.05, 0.1) is 29.4 Å². The molecule has 1 fully saturated rings. The number of aromatic nitrogens is 4. The van der Waals surface area contributed by atoms with Crippen LogP contribution in [0.4, 0.5) is 0 Å². The summed E-state index contributed by atoms with van der Waals surface area (Å²) in [6.07, 6.45) is 39.4. The number of aryl methyl sites for hydroxylation is 2. The molecule has 10 heteroatoms. The average molecular weight is 1030 g/mol. The predicted octanol–water partition coefficient (Wildman–Crippen LogP) is 15.7. The fraction of sp³-hybridized carbons (Fsp3) is 0.600. The number of nitrogens with one attached hydrogen (secondary N) is 2. The molecule has 0 spiro atoms. The largest absolute Gasteiger partial charge is 0.462 e. The Morgan fingerprint density at radius 2 is 0.787 bits per heavy atom. The molecular formula is C65H94N4O6. The Labute approximate surface area is 449 Å². The van der Waals surface area contributed by atoms with E-state index < -0.39 is 37.3 Å². The molecule has 3 aromatic heterocycles. The summed E-state index contributed by atoms with van der Waals surface area (Å²) in [6, 6.07) is 16.5. The number of fused-ring (bicyclic) bond motifs is 8. The van der Waals surface area contributed by atoms with Crippen molar-refractivity contribution in [3.63, 3.8) is 0 Å². The molecule has 75 heavy (non-hydrogen) atoms. The van der Waals surface area contributed by atoms with Crippen LogP contribution in [0.1, 0.15) is 234 Å².